The third-order valence-electron chi connectivity index (χ3n) is 4.43. The van der Waals surface area contributed by atoms with Crippen LogP contribution in [-0.2, 0) is 4.79 Å². The first kappa shape index (κ1) is 19.3. The zero-order chi connectivity index (χ0) is 18.3. The largest absolute Gasteiger partial charge is 0.388 e. The number of rotatable bonds is 6. The van der Waals surface area contributed by atoms with Gasteiger partial charge in [0.2, 0.25) is 5.91 Å². The topological polar surface area (TPSA) is 85.8 Å². The summed E-state index contributed by atoms with van der Waals surface area (Å²) in [7, 11) is 3.88. The third-order valence-corrected chi connectivity index (χ3v) is 4.43. The molecule has 1 aliphatic heterocycles. The molecule has 0 radical (unpaired) electrons. The van der Waals surface area contributed by atoms with Gasteiger partial charge in [-0.3, -0.25) is 14.6 Å². The van der Waals surface area contributed by atoms with Crippen molar-refractivity contribution in [2.24, 2.45) is 0 Å². The minimum atomic E-state index is -0.729. The number of carbonyl (C=O) groups excluding carboxylic acids is 2. The first-order valence-corrected chi connectivity index (χ1v) is 8.73. The molecule has 7 heteroatoms. The van der Waals surface area contributed by atoms with Gasteiger partial charge < -0.3 is 20.2 Å². The van der Waals surface area contributed by atoms with Crippen LogP contribution in [0.15, 0.2) is 24.5 Å². The monoisotopic (exact) mass is 348 g/mol. The quantitative estimate of drug-likeness (QED) is 0.782. The van der Waals surface area contributed by atoms with Crippen molar-refractivity contribution in [3.05, 3.63) is 30.1 Å². The lowest BCUT2D eigenvalue weighted by atomic mass is 9.94. The fourth-order valence-electron chi connectivity index (χ4n) is 3.22. The number of pyridine rings is 1. The van der Waals surface area contributed by atoms with Crippen LogP contribution in [-0.4, -0.2) is 77.6 Å². The van der Waals surface area contributed by atoms with Gasteiger partial charge in [-0.2, -0.15) is 0 Å². The Bertz CT molecular complexity index is 579. The third kappa shape index (κ3) is 6.10. The molecule has 1 fully saturated rings. The molecule has 1 saturated heterocycles. The van der Waals surface area contributed by atoms with Crippen LogP contribution in [0.5, 0.6) is 0 Å². The van der Waals surface area contributed by atoms with Gasteiger partial charge >= 0.3 is 0 Å². The molecule has 1 aromatic rings. The van der Waals surface area contributed by atoms with Gasteiger partial charge in [0.1, 0.15) is 0 Å². The SMILES string of the molecule is CN(C)C[C@]1(O)CCCN(C(=O)CCNC(=O)c2cccnc2)CC1. The molecule has 1 aliphatic rings. The van der Waals surface area contributed by atoms with E-state index in [9.17, 15) is 14.7 Å². The summed E-state index contributed by atoms with van der Waals surface area (Å²) in [5, 5.41) is 13.4. The Hall–Kier alpha value is -1.99. The highest BCUT2D eigenvalue weighted by Crippen LogP contribution is 2.23. The number of hydrogen-bond donors (Lipinski definition) is 2. The standard InChI is InChI=1S/C18H28N4O3/c1-21(2)14-18(25)7-4-11-22(12-8-18)16(23)6-10-20-17(24)15-5-3-9-19-13-15/h3,5,9,13,25H,4,6-8,10-12,14H2,1-2H3,(H,20,24)/t18-/m0/s1. The van der Waals surface area contributed by atoms with Crippen LogP contribution in [0.3, 0.4) is 0 Å². The Kier molecular flexibility index (Phi) is 6.90. The van der Waals surface area contributed by atoms with Crippen LogP contribution in [0.4, 0.5) is 0 Å². The highest BCUT2D eigenvalue weighted by atomic mass is 16.3. The molecule has 0 aromatic carbocycles. The molecule has 0 bridgehead atoms. The number of amides is 2. The van der Waals surface area contributed by atoms with E-state index in [4.69, 9.17) is 0 Å². The maximum atomic E-state index is 12.4. The van der Waals surface area contributed by atoms with Crippen molar-refractivity contribution in [2.75, 3.05) is 40.3 Å². The van der Waals surface area contributed by atoms with Crippen LogP contribution in [0.1, 0.15) is 36.0 Å². The minimum absolute atomic E-state index is 0.0144. The molecule has 0 unspecified atom stereocenters. The lowest BCUT2D eigenvalue weighted by Crippen LogP contribution is -2.41. The molecule has 25 heavy (non-hydrogen) atoms. The van der Waals surface area contributed by atoms with E-state index in [-0.39, 0.29) is 18.2 Å². The van der Waals surface area contributed by atoms with E-state index < -0.39 is 5.60 Å². The molecule has 2 rings (SSSR count). The zero-order valence-electron chi connectivity index (χ0n) is 15.1. The summed E-state index contributed by atoms with van der Waals surface area (Å²) in [5.74, 6) is -0.210. The Balaban J connectivity index is 1.76. The first-order valence-electron chi connectivity index (χ1n) is 8.73. The summed E-state index contributed by atoms with van der Waals surface area (Å²) >= 11 is 0. The van der Waals surface area contributed by atoms with Crippen LogP contribution in [0.2, 0.25) is 0 Å². The summed E-state index contributed by atoms with van der Waals surface area (Å²) in [4.78, 5) is 32.0. The van der Waals surface area contributed by atoms with Crippen LogP contribution < -0.4 is 5.32 Å². The average molecular weight is 348 g/mol. The fraction of sp³-hybridized carbons (Fsp3) is 0.611. The fourth-order valence-corrected chi connectivity index (χ4v) is 3.22. The van der Waals surface area contributed by atoms with Crippen LogP contribution >= 0.6 is 0 Å². The van der Waals surface area contributed by atoms with Crippen molar-refractivity contribution in [1.29, 1.82) is 0 Å². The number of nitrogens with zero attached hydrogens (tertiary/aromatic N) is 3. The van der Waals surface area contributed by atoms with Gasteiger partial charge in [-0.25, -0.2) is 0 Å². The van der Waals surface area contributed by atoms with Gasteiger partial charge in [-0.05, 0) is 45.5 Å². The van der Waals surface area contributed by atoms with Crippen molar-refractivity contribution in [2.45, 2.75) is 31.3 Å². The normalized spacial score (nSPS) is 21.0. The zero-order valence-corrected chi connectivity index (χ0v) is 15.1. The molecule has 7 nitrogen and oxygen atoms in total. The number of aliphatic hydroxyl groups is 1. The number of nitrogens with one attached hydrogen (secondary N) is 1. The second-order valence-electron chi connectivity index (χ2n) is 6.94. The lowest BCUT2D eigenvalue weighted by Gasteiger charge is -2.30. The molecule has 0 saturated carbocycles. The molecular weight excluding hydrogens is 320 g/mol. The number of carbonyl (C=O) groups is 2. The summed E-state index contributed by atoms with van der Waals surface area (Å²) < 4.78 is 0. The number of likely N-dealkylation sites (tertiary alicyclic amines) is 1. The molecule has 2 N–H and O–H groups in total. The van der Waals surface area contributed by atoms with Crippen LogP contribution in [0, 0.1) is 0 Å². The summed E-state index contributed by atoms with van der Waals surface area (Å²) in [6.45, 7) is 2.12. The van der Waals surface area contributed by atoms with Gasteiger partial charge in [0.25, 0.3) is 5.91 Å². The van der Waals surface area contributed by atoms with Crippen molar-refractivity contribution in [3.63, 3.8) is 0 Å². The van der Waals surface area contributed by atoms with Crippen LogP contribution in [0.25, 0.3) is 0 Å². The van der Waals surface area contributed by atoms with Gasteiger partial charge in [-0.1, -0.05) is 0 Å². The van der Waals surface area contributed by atoms with E-state index >= 15 is 0 Å². The second kappa shape index (κ2) is 8.92. The van der Waals surface area contributed by atoms with Crippen molar-refractivity contribution in [3.8, 4) is 0 Å². The van der Waals surface area contributed by atoms with E-state index in [2.05, 4.69) is 10.3 Å². The van der Waals surface area contributed by atoms with E-state index in [1.807, 2.05) is 19.0 Å². The van der Waals surface area contributed by atoms with Crippen molar-refractivity contribution in [1.82, 2.24) is 20.1 Å². The van der Waals surface area contributed by atoms with Gasteiger partial charge in [0.05, 0.1) is 11.2 Å². The van der Waals surface area contributed by atoms with Gasteiger partial charge in [0.15, 0.2) is 0 Å². The Morgan fingerprint density at radius 2 is 2.16 bits per heavy atom. The van der Waals surface area contributed by atoms with Crippen molar-refractivity contribution < 1.29 is 14.7 Å². The predicted octanol–water partition coefficient (Wildman–Crippen LogP) is 0.507. The Labute approximate surface area is 149 Å². The maximum Gasteiger partial charge on any atom is 0.252 e. The molecule has 1 aromatic heterocycles. The van der Waals surface area contributed by atoms with Gasteiger partial charge in [-0.15, -0.1) is 0 Å². The number of hydrogen-bond acceptors (Lipinski definition) is 5. The Morgan fingerprint density at radius 3 is 2.84 bits per heavy atom. The molecular formula is C18H28N4O3. The molecule has 138 valence electrons. The Morgan fingerprint density at radius 1 is 1.36 bits per heavy atom. The molecule has 0 spiro atoms. The molecule has 1 atom stereocenters. The molecule has 0 aliphatic carbocycles. The van der Waals surface area contributed by atoms with Gasteiger partial charge in [0, 0.05) is 45.0 Å². The molecule has 2 amide bonds. The highest BCUT2D eigenvalue weighted by Gasteiger charge is 2.31. The number of likely N-dealkylation sites (N-methyl/N-ethyl adjacent to an activating group) is 1. The summed E-state index contributed by atoms with van der Waals surface area (Å²) in [5.41, 5.74) is -0.244. The second-order valence-corrected chi connectivity index (χ2v) is 6.94. The first-order chi connectivity index (χ1) is 11.9. The average Bonchev–Trinajstić information content (AvgIpc) is 2.76. The number of aromatic nitrogens is 1. The lowest BCUT2D eigenvalue weighted by molar-refractivity contribution is -0.131. The minimum Gasteiger partial charge on any atom is -0.388 e. The van der Waals surface area contributed by atoms with E-state index in [0.717, 1.165) is 6.42 Å². The molecule has 2 heterocycles. The van der Waals surface area contributed by atoms with E-state index in [1.165, 1.54) is 6.20 Å². The summed E-state index contributed by atoms with van der Waals surface area (Å²) in [6.07, 6.45) is 5.44. The van der Waals surface area contributed by atoms with E-state index in [1.54, 1.807) is 23.2 Å². The van der Waals surface area contributed by atoms with E-state index in [0.29, 0.717) is 44.6 Å². The smallest absolute Gasteiger partial charge is 0.252 e. The predicted molar refractivity (Wildman–Crippen MR) is 95.1 cm³/mol. The van der Waals surface area contributed by atoms with Crippen molar-refractivity contribution >= 4 is 11.8 Å². The highest BCUT2D eigenvalue weighted by molar-refractivity contribution is 5.94. The summed E-state index contributed by atoms with van der Waals surface area (Å²) in [6, 6.07) is 3.39. The maximum absolute atomic E-state index is 12.4.